The Labute approximate surface area is 128 Å². The van der Waals surface area contributed by atoms with Crippen molar-refractivity contribution in [2.24, 2.45) is 10.7 Å². The molecular weight excluding hydrogens is 317 g/mol. The van der Waals surface area contributed by atoms with Gasteiger partial charge >= 0.3 is 12.1 Å². The van der Waals surface area contributed by atoms with Crippen molar-refractivity contribution >= 4 is 17.7 Å². The number of aliphatic carboxylic acids is 1. The molecule has 2 rings (SSSR count). The summed E-state index contributed by atoms with van der Waals surface area (Å²) in [7, 11) is 0. The Bertz CT molecular complexity index is 673. The summed E-state index contributed by atoms with van der Waals surface area (Å²) in [6.07, 6.45) is -6.39. The summed E-state index contributed by atoms with van der Waals surface area (Å²) >= 11 is 0. The van der Waals surface area contributed by atoms with Gasteiger partial charge in [0.25, 0.3) is 5.91 Å². The van der Waals surface area contributed by atoms with E-state index < -0.39 is 29.8 Å². The van der Waals surface area contributed by atoms with Crippen molar-refractivity contribution in [1.29, 1.82) is 0 Å². The van der Waals surface area contributed by atoms with Crippen LogP contribution < -0.4 is 16.4 Å². The highest BCUT2D eigenvalue weighted by molar-refractivity contribution is 6.03. The summed E-state index contributed by atoms with van der Waals surface area (Å²) in [5.74, 6) is -2.29. The summed E-state index contributed by atoms with van der Waals surface area (Å²) in [5, 5.41) is 13.4. The first-order valence-corrected chi connectivity index (χ1v) is 6.48. The molecule has 0 bridgehead atoms. The van der Waals surface area contributed by atoms with Crippen molar-refractivity contribution in [2.45, 2.75) is 12.3 Å². The molecule has 0 spiro atoms. The number of amidine groups is 1. The number of nitrogens with one attached hydrogen (secondary N) is 2. The van der Waals surface area contributed by atoms with Gasteiger partial charge in [-0.1, -0.05) is 0 Å². The van der Waals surface area contributed by atoms with Gasteiger partial charge in [0.05, 0.1) is 12.1 Å². The maximum Gasteiger partial charge on any atom is 0.416 e. The number of nitrogens with two attached hydrogens (primary N) is 1. The van der Waals surface area contributed by atoms with E-state index in [2.05, 4.69) is 10.3 Å². The van der Waals surface area contributed by atoms with Crippen molar-refractivity contribution in [3.63, 3.8) is 0 Å². The Morgan fingerprint density at radius 1 is 1.35 bits per heavy atom. The molecule has 0 fully saturated rings. The zero-order chi connectivity index (χ0) is 17.2. The van der Waals surface area contributed by atoms with E-state index in [1.807, 2.05) is 5.32 Å². The van der Waals surface area contributed by atoms with Crippen molar-refractivity contribution in [3.8, 4) is 0 Å². The highest BCUT2D eigenvalue weighted by Gasteiger charge is 2.32. The standard InChI is InChI=1S/C13H13F3N4O3/c14-13(15,16)8-4-6(10-18-1-2-19-10)3-7(5-8)11(21)20-9(17)12(22)23/h3-5,9H,1-2,17H2,(H,18,19)(H,20,21)(H,22,23). The first kappa shape index (κ1) is 16.7. The Hall–Kier alpha value is -2.62. The van der Waals surface area contributed by atoms with Crippen molar-refractivity contribution < 1.29 is 27.9 Å². The molecule has 1 aliphatic heterocycles. The summed E-state index contributed by atoms with van der Waals surface area (Å²) in [6, 6.07) is 2.68. The van der Waals surface area contributed by atoms with Gasteiger partial charge in [-0.3, -0.25) is 9.79 Å². The highest BCUT2D eigenvalue weighted by Crippen LogP contribution is 2.31. The number of benzene rings is 1. The lowest BCUT2D eigenvalue weighted by Crippen LogP contribution is -2.47. The molecule has 1 unspecified atom stereocenters. The molecule has 0 saturated carbocycles. The summed E-state index contributed by atoms with van der Waals surface area (Å²) in [5.41, 5.74) is 3.84. The number of carbonyl (C=O) groups excluding carboxylic acids is 1. The molecule has 1 heterocycles. The Morgan fingerprint density at radius 3 is 2.57 bits per heavy atom. The van der Waals surface area contributed by atoms with Gasteiger partial charge in [0.2, 0.25) is 0 Å². The molecule has 1 aromatic rings. The first-order valence-electron chi connectivity index (χ1n) is 6.48. The fraction of sp³-hybridized carbons (Fsp3) is 0.308. The van der Waals surface area contributed by atoms with Gasteiger partial charge in [-0.15, -0.1) is 0 Å². The lowest BCUT2D eigenvalue weighted by atomic mass is 10.0. The van der Waals surface area contributed by atoms with Gasteiger partial charge in [-0.05, 0) is 18.2 Å². The van der Waals surface area contributed by atoms with E-state index in [9.17, 15) is 22.8 Å². The molecule has 1 aromatic carbocycles. The fourth-order valence-electron chi connectivity index (χ4n) is 1.94. The predicted molar refractivity (Wildman–Crippen MR) is 73.9 cm³/mol. The van der Waals surface area contributed by atoms with Crippen LogP contribution >= 0.6 is 0 Å². The second kappa shape index (κ2) is 6.24. The Morgan fingerprint density at radius 2 is 2.04 bits per heavy atom. The number of hydrogen-bond acceptors (Lipinski definition) is 5. The second-order valence-electron chi connectivity index (χ2n) is 4.74. The normalized spacial score (nSPS) is 15.6. The third-order valence-corrected chi connectivity index (χ3v) is 3.02. The van der Waals surface area contributed by atoms with Crippen molar-refractivity contribution in [1.82, 2.24) is 10.6 Å². The quantitative estimate of drug-likeness (QED) is 0.587. The maximum atomic E-state index is 13.0. The molecular formula is C13H13F3N4O3. The average molecular weight is 330 g/mol. The van der Waals surface area contributed by atoms with Crippen LogP contribution in [-0.4, -0.2) is 42.1 Å². The second-order valence-corrected chi connectivity index (χ2v) is 4.74. The smallest absolute Gasteiger partial charge is 0.416 e. The van der Waals surface area contributed by atoms with E-state index in [-0.39, 0.29) is 17.0 Å². The molecule has 7 nitrogen and oxygen atoms in total. The van der Waals surface area contributed by atoms with Gasteiger partial charge in [0.1, 0.15) is 5.84 Å². The number of aliphatic imine (C=N–C) groups is 1. The molecule has 5 N–H and O–H groups in total. The first-order chi connectivity index (χ1) is 10.7. The van der Waals surface area contributed by atoms with E-state index in [0.29, 0.717) is 19.2 Å². The Balaban J connectivity index is 2.40. The monoisotopic (exact) mass is 330 g/mol. The number of carbonyl (C=O) groups is 2. The van der Waals surface area contributed by atoms with Gasteiger partial charge in [-0.2, -0.15) is 13.2 Å². The maximum absolute atomic E-state index is 13.0. The number of hydrogen-bond donors (Lipinski definition) is 4. The summed E-state index contributed by atoms with van der Waals surface area (Å²) < 4.78 is 38.9. The number of amides is 1. The van der Waals surface area contributed by atoms with E-state index >= 15 is 0 Å². The third kappa shape index (κ3) is 3.97. The summed E-state index contributed by atoms with van der Waals surface area (Å²) in [4.78, 5) is 26.5. The van der Waals surface area contributed by atoms with Crippen molar-refractivity contribution in [2.75, 3.05) is 13.1 Å². The van der Waals surface area contributed by atoms with Crippen LogP contribution in [0.25, 0.3) is 0 Å². The number of nitrogens with zero attached hydrogens (tertiary/aromatic N) is 1. The number of carboxylic acid groups (broad SMARTS) is 1. The minimum atomic E-state index is -4.67. The number of halogens is 3. The predicted octanol–water partition coefficient (Wildman–Crippen LogP) is 0.154. The largest absolute Gasteiger partial charge is 0.479 e. The van der Waals surface area contributed by atoms with Gasteiger partial charge < -0.3 is 21.5 Å². The van der Waals surface area contributed by atoms with Crippen LogP contribution in [0.15, 0.2) is 23.2 Å². The van der Waals surface area contributed by atoms with Gasteiger partial charge in [0, 0.05) is 17.7 Å². The molecule has 0 radical (unpaired) electrons. The Kier molecular flexibility index (Phi) is 4.55. The molecule has 1 aliphatic rings. The molecule has 124 valence electrons. The topological polar surface area (TPSA) is 117 Å². The number of rotatable bonds is 4. The van der Waals surface area contributed by atoms with Gasteiger partial charge in [0.15, 0.2) is 6.17 Å². The van der Waals surface area contributed by atoms with Crippen LogP contribution in [0.2, 0.25) is 0 Å². The highest BCUT2D eigenvalue weighted by atomic mass is 19.4. The van der Waals surface area contributed by atoms with Crippen LogP contribution in [0.1, 0.15) is 21.5 Å². The van der Waals surface area contributed by atoms with Gasteiger partial charge in [-0.25, -0.2) is 4.79 Å². The molecule has 0 aromatic heterocycles. The minimum Gasteiger partial charge on any atom is -0.479 e. The molecule has 10 heteroatoms. The van der Waals surface area contributed by atoms with E-state index in [1.54, 1.807) is 0 Å². The van der Waals surface area contributed by atoms with Crippen LogP contribution in [0.3, 0.4) is 0 Å². The fourth-order valence-corrected chi connectivity index (χ4v) is 1.94. The number of alkyl halides is 3. The van der Waals surface area contributed by atoms with Crippen LogP contribution in [0, 0.1) is 0 Å². The van der Waals surface area contributed by atoms with Crippen molar-refractivity contribution in [3.05, 3.63) is 34.9 Å². The number of carboxylic acids is 1. The average Bonchev–Trinajstić information content (AvgIpc) is 2.99. The van der Waals surface area contributed by atoms with Crippen LogP contribution in [0.4, 0.5) is 13.2 Å². The van der Waals surface area contributed by atoms with Crippen LogP contribution in [0.5, 0.6) is 0 Å². The van der Waals surface area contributed by atoms with E-state index in [0.717, 1.165) is 6.07 Å². The SMILES string of the molecule is NC(NC(=O)c1cc(C2=NCCN2)cc(C(F)(F)F)c1)C(=O)O. The lowest BCUT2D eigenvalue weighted by Gasteiger charge is -2.14. The third-order valence-electron chi connectivity index (χ3n) is 3.02. The molecule has 23 heavy (non-hydrogen) atoms. The molecule has 1 atom stereocenters. The zero-order valence-corrected chi connectivity index (χ0v) is 11.6. The molecule has 0 aliphatic carbocycles. The zero-order valence-electron chi connectivity index (χ0n) is 11.6. The summed E-state index contributed by atoms with van der Waals surface area (Å²) in [6.45, 7) is 0.897. The van der Waals surface area contributed by atoms with E-state index in [1.165, 1.54) is 6.07 Å². The molecule has 0 saturated heterocycles. The minimum absolute atomic E-state index is 0.0892. The van der Waals surface area contributed by atoms with E-state index in [4.69, 9.17) is 10.8 Å². The lowest BCUT2D eigenvalue weighted by molar-refractivity contribution is -0.139. The van der Waals surface area contributed by atoms with Crippen LogP contribution in [-0.2, 0) is 11.0 Å². The molecule has 1 amide bonds.